The molecule has 2 aromatic carbocycles. The molecular weight excluding hydrogens is 468 g/mol. The lowest BCUT2D eigenvalue weighted by Crippen LogP contribution is -2.54. The molecule has 1 atom stereocenters. The van der Waals surface area contributed by atoms with Gasteiger partial charge in [-0.25, -0.2) is 4.98 Å². The minimum atomic E-state index is -0.902. The number of hydrazine groups is 1. The summed E-state index contributed by atoms with van der Waals surface area (Å²) in [6, 6.07) is 18.2. The molecule has 0 fully saturated rings. The van der Waals surface area contributed by atoms with E-state index in [4.69, 9.17) is 16.0 Å². The summed E-state index contributed by atoms with van der Waals surface area (Å²) in [4.78, 5) is 43.0. The summed E-state index contributed by atoms with van der Waals surface area (Å²) in [6.45, 7) is 3.56. The van der Waals surface area contributed by atoms with E-state index in [1.54, 1.807) is 50.2 Å². The van der Waals surface area contributed by atoms with Gasteiger partial charge in [-0.05, 0) is 36.2 Å². The molecule has 0 saturated heterocycles. The number of hydrogen-bond acceptors (Lipinski definition) is 5. The largest absolute Gasteiger partial charge is 0.459 e. The summed E-state index contributed by atoms with van der Waals surface area (Å²) in [6.07, 6.45) is 1.37. The predicted molar refractivity (Wildman–Crippen MR) is 133 cm³/mol. The number of rotatable bonds is 6. The third-order valence-corrected chi connectivity index (χ3v) is 5.72. The molecule has 1 unspecified atom stereocenters. The molecule has 2 heterocycles. The van der Waals surface area contributed by atoms with Crippen molar-refractivity contribution in [2.75, 3.05) is 0 Å². The van der Waals surface area contributed by atoms with Crippen LogP contribution in [0.25, 0.3) is 22.2 Å². The van der Waals surface area contributed by atoms with Crippen LogP contribution < -0.4 is 16.2 Å². The molecule has 3 N–H and O–H groups in total. The van der Waals surface area contributed by atoms with E-state index in [-0.39, 0.29) is 11.7 Å². The van der Waals surface area contributed by atoms with Gasteiger partial charge < -0.3 is 9.73 Å². The first kappa shape index (κ1) is 24.0. The Hall–Kier alpha value is -4.17. The maximum atomic E-state index is 13.1. The van der Waals surface area contributed by atoms with Gasteiger partial charge >= 0.3 is 0 Å². The van der Waals surface area contributed by atoms with E-state index >= 15 is 0 Å². The highest BCUT2D eigenvalue weighted by Crippen LogP contribution is 2.29. The van der Waals surface area contributed by atoms with Crippen LogP contribution in [0.2, 0.25) is 5.02 Å². The van der Waals surface area contributed by atoms with Crippen molar-refractivity contribution in [2.24, 2.45) is 5.92 Å². The number of carbonyl (C=O) groups is 3. The smallest absolute Gasteiger partial charge is 0.287 e. The fourth-order valence-electron chi connectivity index (χ4n) is 3.59. The lowest BCUT2D eigenvalue weighted by molar-refractivity contribution is -0.124. The number of furan rings is 1. The van der Waals surface area contributed by atoms with Crippen LogP contribution in [0.1, 0.15) is 34.8 Å². The number of fused-ring (bicyclic) bond motifs is 1. The number of pyridine rings is 1. The van der Waals surface area contributed by atoms with Crippen LogP contribution in [-0.4, -0.2) is 28.7 Å². The minimum Gasteiger partial charge on any atom is -0.459 e. The van der Waals surface area contributed by atoms with Gasteiger partial charge in [0, 0.05) is 16.0 Å². The Morgan fingerprint density at radius 1 is 0.914 bits per heavy atom. The molecule has 2 aromatic heterocycles. The molecule has 0 spiro atoms. The van der Waals surface area contributed by atoms with Crippen LogP contribution in [0.15, 0.2) is 77.4 Å². The molecule has 9 heteroatoms. The van der Waals surface area contributed by atoms with Gasteiger partial charge in [-0.15, -0.1) is 0 Å². The monoisotopic (exact) mass is 490 g/mol. The van der Waals surface area contributed by atoms with Crippen molar-refractivity contribution in [1.82, 2.24) is 21.2 Å². The average Bonchev–Trinajstić information content (AvgIpc) is 3.40. The molecule has 0 aliphatic rings. The Labute approximate surface area is 206 Å². The van der Waals surface area contributed by atoms with E-state index in [1.165, 1.54) is 12.3 Å². The number of benzene rings is 2. The van der Waals surface area contributed by atoms with E-state index in [9.17, 15) is 14.4 Å². The van der Waals surface area contributed by atoms with Gasteiger partial charge in [0.1, 0.15) is 6.04 Å². The number of amides is 3. The van der Waals surface area contributed by atoms with Crippen molar-refractivity contribution in [3.8, 4) is 11.3 Å². The number of carbonyl (C=O) groups excluding carboxylic acids is 3. The third kappa shape index (κ3) is 5.33. The number of hydrogen-bond donors (Lipinski definition) is 3. The fourth-order valence-corrected chi connectivity index (χ4v) is 3.82. The topological polar surface area (TPSA) is 113 Å². The average molecular weight is 491 g/mol. The van der Waals surface area contributed by atoms with Crippen LogP contribution in [0.5, 0.6) is 0 Å². The van der Waals surface area contributed by atoms with E-state index in [1.807, 2.05) is 24.3 Å². The van der Waals surface area contributed by atoms with Crippen molar-refractivity contribution < 1.29 is 18.8 Å². The van der Waals surface area contributed by atoms with Gasteiger partial charge in [0.05, 0.1) is 23.0 Å². The number of aromatic nitrogens is 1. The molecule has 35 heavy (non-hydrogen) atoms. The Morgan fingerprint density at radius 2 is 1.66 bits per heavy atom. The zero-order valence-corrected chi connectivity index (χ0v) is 19.8. The molecule has 0 bridgehead atoms. The molecule has 178 valence electrons. The third-order valence-electron chi connectivity index (χ3n) is 5.39. The molecule has 0 aliphatic carbocycles. The molecule has 0 saturated carbocycles. The Morgan fingerprint density at radius 3 is 2.37 bits per heavy atom. The van der Waals surface area contributed by atoms with Crippen LogP contribution in [0.3, 0.4) is 0 Å². The van der Waals surface area contributed by atoms with Gasteiger partial charge in [0.15, 0.2) is 5.76 Å². The SMILES string of the molecule is CC(C)C(NC(=O)c1ccco1)C(=O)NNC(=O)c1cc(-c2ccccc2Cl)nc2ccccc12. The number of nitrogens with zero attached hydrogens (tertiary/aromatic N) is 1. The van der Waals surface area contributed by atoms with Crippen LogP contribution >= 0.6 is 11.6 Å². The minimum absolute atomic E-state index is 0.0860. The molecule has 4 aromatic rings. The lowest BCUT2D eigenvalue weighted by Gasteiger charge is -2.21. The van der Waals surface area contributed by atoms with Crippen molar-refractivity contribution in [1.29, 1.82) is 0 Å². The second-order valence-electron chi connectivity index (χ2n) is 8.17. The molecule has 8 nitrogen and oxygen atoms in total. The second-order valence-corrected chi connectivity index (χ2v) is 8.58. The van der Waals surface area contributed by atoms with Crippen molar-refractivity contribution in [2.45, 2.75) is 19.9 Å². The van der Waals surface area contributed by atoms with E-state index in [2.05, 4.69) is 21.2 Å². The summed E-state index contributed by atoms with van der Waals surface area (Å²) in [5, 5.41) is 3.74. The van der Waals surface area contributed by atoms with Gasteiger partial charge in [0.2, 0.25) is 0 Å². The van der Waals surface area contributed by atoms with E-state index in [0.717, 1.165) is 0 Å². The normalized spacial score (nSPS) is 11.8. The first-order valence-corrected chi connectivity index (χ1v) is 11.3. The first-order valence-electron chi connectivity index (χ1n) is 10.9. The zero-order chi connectivity index (χ0) is 24.9. The summed E-state index contributed by atoms with van der Waals surface area (Å²) >= 11 is 6.35. The van der Waals surface area contributed by atoms with Gasteiger partial charge in [-0.1, -0.05) is 61.8 Å². The van der Waals surface area contributed by atoms with E-state index < -0.39 is 23.8 Å². The van der Waals surface area contributed by atoms with Gasteiger partial charge in [-0.2, -0.15) is 0 Å². The highest BCUT2D eigenvalue weighted by Gasteiger charge is 2.26. The summed E-state index contributed by atoms with van der Waals surface area (Å²) in [5.41, 5.74) is 6.99. The van der Waals surface area contributed by atoms with Gasteiger partial charge in [0.25, 0.3) is 17.7 Å². The summed E-state index contributed by atoms with van der Waals surface area (Å²) in [5.74, 6) is -1.80. The number of halogens is 1. The predicted octanol–water partition coefficient (Wildman–Crippen LogP) is 4.36. The molecular formula is C26H23ClN4O4. The number of para-hydroxylation sites is 1. The zero-order valence-electron chi connectivity index (χ0n) is 19.0. The Bertz CT molecular complexity index is 1390. The maximum absolute atomic E-state index is 13.1. The molecule has 3 amide bonds. The second kappa shape index (κ2) is 10.4. The Kier molecular flexibility index (Phi) is 7.12. The standard InChI is InChI=1S/C26H23ClN4O4/c1-15(2)23(29-25(33)22-12-7-13-35-22)26(34)31-30-24(32)18-14-21(17-9-3-5-10-19(17)27)28-20-11-6-4-8-16(18)20/h3-15,23H,1-2H3,(H,29,33)(H,30,32)(H,31,34). The Balaban J connectivity index is 1.55. The highest BCUT2D eigenvalue weighted by atomic mass is 35.5. The van der Waals surface area contributed by atoms with Crippen LogP contribution in [-0.2, 0) is 4.79 Å². The van der Waals surface area contributed by atoms with Crippen LogP contribution in [0.4, 0.5) is 0 Å². The molecule has 0 aliphatic heterocycles. The van der Waals surface area contributed by atoms with Crippen LogP contribution in [0, 0.1) is 5.92 Å². The molecule has 4 rings (SSSR count). The lowest BCUT2D eigenvalue weighted by atomic mass is 10.0. The summed E-state index contributed by atoms with van der Waals surface area (Å²) < 4.78 is 5.08. The molecule has 0 radical (unpaired) electrons. The van der Waals surface area contributed by atoms with Gasteiger partial charge in [-0.3, -0.25) is 25.2 Å². The van der Waals surface area contributed by atoms with E-state index in [0.29, 0.717) is 32.7 Å². The maximum Gasteiger partial charge on any atom is 0.287 e. The van der Waals surface area contributed by atoms with Crippen molar-refractivity contribution in [3.05, 3.63) is 89.3 Å². The number of nitrogens with one attached hydrogen (secondary N) is 3. The quantitative estimate of drug-likeness (QED) is 0.347. The van der Waals surface area contributed by atoms with Crippen molar-refractivity contribution in [3.63, 3.8) is 0 Å². The highest BCUT2D eigenvalue weighted by molar-refractivity contribution is 6.33. The summed E-state index contributed by atoms with van der Waals surface area (Å²) in [7, 11) is 0. The van der Waals surface area contributed by atoms with Crippen molar-refractivity contribution >= 4 is 40.2 Å². The first-order chi connectivity index (χ1) is 16.8. The fraction of sp³-hybridized carbons (Fsp3) is 0.154.